The minimum atomic E-state index is -0.486. The van der Waals surface area contributed by atoms with E-state index in [9.17, 15) is 4.79 Å². The van der Waals surface area contributed by atoms with Crippen molar-refractivity contribution in [3.8, 4) is 0 Å². The predicted molar refractivity (Wildman–Crippen MR) is 86.5 cm³/mol. The van der Waals surface area contributed by atoms with Gasteiger partial charge in [-0.25, -0.2) is 4.79 Å². The van der Waals surface area contributed by atoms with Crippen LogP contribution >= 0.6 is 27.5 Å². The quantitative estimate of drug-likeness (QED) is 0.832. The second kappa shape index (κ2) is 7.18. The first-order valence-electron chi connectivity index (χ1n) is 6.36. The molecule has 20 heavy (non-hydrogen) atoms. The third-order valence-corrected chi connectivity index (χ3v) is 3.52. The highest BCUT2D eigenvalue weighted by Gasteiger charge is 2.16. The van der Waals surface area contributed by atoms with E-state index in [0.717, 1.165) is 10.2 Å². The lowest BCUT2D eigenvalue weighted by atomic mass is 10.2. The molecule has 0 heterocycles. The van der Waals surface area contributed by atoms with Gasteiger partial charge in [-0.05, 0) is 61.8 Å². The Morgan fingerprint density at radius 1 is 1.45 bits per heavy atom. The van der Waals surface area contributed by atoms with Crippen molar-refractivity contribution in [2.45, 2.75) is 39.3 Å². The van der Waals surface area contributed by atoms with Gasteiger partial charge in [0, 0.05) is 22.7 Å². The van der Waals surface area contributed by atoms with Crippen LogP contribution in [0.5, 0.6) is 0 Å². The molecule has 1 rings (SSSR count). The van der Waals surface area contributed by atoms with Gasteiger partial charge in [-0.3, -0.25) is 0 Å². The summed E-state index contributed by atoms with van der Waals surface area (Å²) in [7, 11) is 0. The maximum atomic E-state index is 11.5. The largest absolute Gasteiger partial charge is 0.444 e. The number of benzene rings is 1. The van der Waals surface area contributed by atoms with Gasteiger partial charge in [0.05, 0.1) is 5.02 Å². The summed E-state index contributed by atoms with van der Waals surface area (Å²) >= 11 is 9.36. The summed E-state index contributed by atoms with van der Waals surface area (Å²) < 4.78 is 6.02. The zero-order valence-electron chi connectivity index (χ0n) is 12.1. The summed E-state index contributed by atoms with van der Waals surface area (Å²) in [6, 6.07) is 5.67. The first-order valence-corrected chi connectivity index (χ1v) is 7.53. The Kier molecular flexibility index (Phi) is 6.14. The average molecular weight is 364 g/mol. The van der Waals surface area contributed by atoms with Crippen LogP contribution < -0.4 is 10.6 Å². The maximum Gasteiger partial charge on any atom is 0.407 e. The van der Waals surface area contributed by atoms with Crippen molar-refractivity contribution in [3.63, 3.8) is 0 Å². The van der Waals surface area contributed by atoms with Crippen LogP contribution in [0.3, 0.4) is 0 Å². The second-order valence-corrected chi connectivity index (χ2v) is 6.82. The van der Waals surface area contributed by atoms with E-state index in [1.54, 1.807) is 0 Å². The van der Waals surface area contributed by atoms with Crippen LogP contribution in [0.15, 0.2) is 22.7 Å². The summed E-state index contributed by atoms with van der Waals surface area (Å²) in [6.45, 7) is 7.92. The van der Waals surface area contributed by atoms with Gasteiger partial charge in [0.15, 0.2) is 0 Å². The highest BCUT2D eigenvalue weighted by Crippen LogP contribution is 2.25. The molecule has 1 aromatic rings. The molecule has 1 aromatic carbocycles. The summed E-state index contributed by atoms with van der Waals surface area (Å²) in [5.74, 6) is 0. The zero-order chi connectivity index (χ0) is 15.3. The van der Waals surface area contributed by atoms with Crippen LogP contribution in [0.25, 0.3) is 0 Å². The number of hydrogen-bond donors (Lipinski definition) is 2. The molecule has 0 fully saturated rings. The summed E-state index contributed by atoms with van der Waals surface area (Å²) in [6.07, 6.45) is -0.417. The number of hydrogen-bond acceptors (Lipinski definition) is 3. The minimum absolute atomic E-state index is 0.0553. The van der Waals surface area contributed by atoms with Crippen molar-refractivity contribution in [1.29, 1.82) is 0 Å². The maximum absolute atomic E-state index is 11.5. The van der Waals surface area contributed by atoms with Crippen LogP contribution in [0.2, 0.25) is 5.02 Å². The molecule has 1 atom stereocenters. The number of alkyl carbamates (subject to hydrolysis) is 1. The molecule has 0 radical (unpaired) electrons. The molecule has 112 valence electrons. The van der Waals surface area contributed by atoms with E-state index in [1.165, 1.54) is 0 Å². The van der Waals surface area contributed by atoms with Crippen molar-refractivity contribution in [3.05, 3.63) is 27.7 Å². The van der Waals surface area contributed by atoms with Gasteiger partial charge in [-0.2, -0.15) is 0 Å². The lowest BCUT2D eigenvalue weighted by molar-refractivity contribution is 0.0526. The number of rotatable bonds is 4. The number of nitrogens with one attached hydrogen (secondary N) is 2. The molecule has 0 aliphatic rings. The predicted octanol–water partition coefficient (Wildman–Crippen LogP) is 4.43. The van der Waals surface area contributed by atoms with Crippen molar-refractivity contribution in [2.75, 3.05) is 11.9 Å². The molecule has 0 aliphatic heterocycles. The molecule has 0 saturated carbocycles. The SMILES string of the molecule is CC(CNC(=O)OC(C)(C)C)Nc1ccc(Br)c(Cl)c1. The van der Waals surface area contributed by atoms with E-state index in [2.05, 4.69) is 26.6 Å². The first kappa shape index (κ1) is 17.1. The van der Waals surface area contributed by atoms with E-state index in [1.807, 2.05) is 45.9 Å². The number of ether oxygens (including phenoxy) is 1. The minimum Gasteiger partial charge on any atom is -0.444 e. The van der Waals surface area contributed by atoms with Gasteiger partial charge < -0.3 is 15.4 Å². The van der Waals surface area contributed by atoms with Gasteiger partial charge in [-0.15, -0.1) is 0 Å². The van der Waals surface area contributed by atoms with Gasteiger partial charge in [0.1, 0.15) is 5.60 Å². The molecule has 0 spiro atoms. The lowest BCUT2D eigenvalue weighted by Gasteiger charge is -2.21. The normalized spacial score (nSPS) is 12.7. The molecular formula is C14H20BrClN2O2. The number of amides is 1. The second-order valence-electron chi connectivity index (χ2n) is 5.56. The van der Waals surface area contributed by atoms with Crippen LogP contribution in [0.4, 0.5) is 10.5 Å². The van der Waals surface area contributed by atoms with Gasteiger partial charge in [0.25, 0.3) is 0 Å². The fourth-order valence-corrected chi connectivity index (χ4v) is 1.90. The van der Waals surface area contributed by atoms with E-state index in [-0.39, 0.29) is 6.04 Å². The fourth-order valence-electron chi connectivity index (χ4n) is 1.47. The Balaban J connectivity index is 2.42. The van der Waals surface area contributed by atoms with Crippen LogP contribution in [0.1, 0.15) is 27.7 Å². The molecule has 0 saturated heterocycles. The third kappa shape index (κ3) is 6.48. The Morgan fingerprint density at radius 2 is 2.10 bits per heavy atom. The molecule has 4 nitrogen and oxygen atoms in total. The van der Waals surface area contributed by atoms with Gasteiger partial charge >= 0.3 is 6.09 Å². The number of anilines is 1. The molecular weight excluding hydrogens is 344 g/mol. The summed E-state index contributed by atoms with van der Waals surface area (Å²) in [5, 5.41) is 6.61. The third-order valence-electron chi connectivity index (χ3n) is 2.28. The van der Waals surface area contributed by atoms with Crippen LogP contribution in [0, 0.1) is 0 Å². The fraction of sp³-hybridized carbons (Fsp3) is 0.500. The van der Waals surface area contributed by atoms with Gasteiger partial charge in [-0.1, -0.05) is 11.6 Å². The van der Waals surface area contributed by atoms with Crippen molar-refractivity contribution < 1.29 is 9.53 Å². The highest BCUT2D eigenvalue weighted by molar-refractivity contribution is 9.10. The summed E-state index contributed by atoms with van der Waals surface area (Å²) in [4.78, 5) is 11.5. The summed E-state index contributed by atoms with van der Waals surface area (Å²) in [5.41, 5.74) is 0.414. The number of carbonyl (C=O) groups excluding carboxylic acids is 1. The first-order chi connectivity index (χ1) is 9.17. The van der Waals surface area contributed by atoms with E-state index in [0.29, 0.717) is 11.6 Å². The molecule has 2 N–H and O–H groups in total. The number of carbonyl (C=O) groups is 1. The van der Waals surface area contributed by atoms with Crippen molar-refractivity contribution >= 4 is 39.3 Å². The van der Waals surface area contributed by atoms with E-state index in [4.69, 9.17) is 16.3 Å². The van der Waals surface area contributed by atoms with Crippen LogP contribution in [-0.2, 0) is 4.74 Å². The average Bonchev–Trinajstić information content (AvgIpc) is 2.29. The monoisotopic (exact) mass is 362 g/mol. The zero-order valence-corrected chi connectivity index (χ0v) is 14.4. The molecule has 0 bridgehead atoms. The van der Waals surface area contributed by atoms with E-state index < -0.39 is 11.7 Å². The van der Waals surface area contributed by atoms with Crippen molar-refractivity contribution in [1.82, 2.24) is 5.32 Å². The Bertz CT molecular complexity index is 475. The standard InChI is InChI=1S/C14H20BrClN2O2/c1-9(8-17-13(19)20-14(2,3)4)18-10-5-6-11(15)12(16)7-10/h5-7,9,18H,8H2,1-4H3,(H,17,19). The Labute approximate surface area is 133 Å². The van der Waals surface area contributed by atoms with Crippen molar-refractivity contribution in [2.24, 2.45) is 0 Å². The molecule has 6 heteroatoms. The Hall–Kier alpha value is -0.940. The molecule has 0 aromatic heterocycles. The molecule has 0 aliphatic carbocycles. The Morgan fingerprint density at radius 3 is 2.65 bits per heavy atom. The topological polar surface area (TPSA) is 50.4 Å². The lowest BCUT2D eigenvalue weighted by Crippen LogP contribution is -2.38. The van der Waals surface area contributed by atoms with Gasteiger partial charge in [0.2, 0.25) is 0 Å². The van der Waals surface area contributed by atoms with E-state index >= 15 is 0 Å². The molecule has 1 unspecified atom stereocenters. The smallest absolute Gasteiger partial charge is 0.407 e. The number of halogens is 2. The molecule has 1 amide bonds. The highest BCUT2D eigenvalue weighted by atomic mass is 79.9. The van der Waals surface area contributed by atoms with Crippen LogP contribution in [-0.4, -0.2) is 24.3 Å².